The molecule has 0 aliphatic heterocycles. The summed E-state index contributed by atoms with van der Waals surface area (Å²) < 4.78 is 0. The zero-order chi connectivity index (χ0) is 13.1. The monoisotopic (exact) mass is 328 g/mol. The molecule has 0 heterocycles. The second-order valence-electron chi connectivity index (χ2n) is 4.16. The molecule has 0 aromatic heterocycles. The van der Waals surface area contributed by atoms with Crippen molar-refractivity contribution in [2.24, 2.45) is 0 Å². The van der Waals surface area contributed by atoms with E-state index in [-0.39, 0.29) is 26.2 Å². The van der Waals surface area contributed by atoms with Crippen LogP contribution in [-0.2, 0) is 26.2 Å². The predicted octanol–water partition coefficient (Wildman–Crippen LogP) is 5.67. The topological polar surface area (TPSA) is 0 Å². The first-order chi connectivity index (χ1) is 8.88. The minimum Gasteiger partial charge on any atom is -0.273 e. The molecule has 0 spiro atoms. The van der Waals surface area contributed by atoms with Gasteiger partial charge in [-0.15, -0.1) is 36.1 Å². The van der Waals surface area contributed by atoms with Gasteiger partial charge in [-0.2, -0.15) is 23.6 Å². The number of rotatable bonds is 1. The quantitative estimate of drug-likeness (QED) is 0.591. The summed E-state index contributed by atoms with van der Waals surface area (Å²) in [6.07, 6.45) is 12.6. The molecular weight excluding hydrogens is 307 g/mol. The van der Waals surface area contributed by atoms with Gasteiger partial charge in [0.05, 0.1) is 0 Å². The molecule has 0 saturated heterocycles. The molecule has 1 aliphatic rings. The van der Waals surface area contributed by atoms with Crippen LogP contribution in [0.1, 0.15) is 33.1 Å². The fourth-order valence-electron chi connectivity index (χ4n) is 1.41. The van der Waals surface area contributed by atoms with Gasteiger partial charge < -0.3 is 0 Å². The molecule has 0 saturated carbocycles. The molecule has 0 amide bonds. The molecule has 1 aliphatic carbocycles. The normalized spacial score (nSPS) is 11.1. The van der Waals surface area contributed by atoms with E-state index in [1.807, 2.05) is 12.2 Å². The van der Waals surface area contributed by atoms with Crippen LogP contribution in [0.15, 0.2) is 60.7 Å². The number of hydrogen-bond donors (Lipinski definition) is 0. The van der Waals surface area contributed by atoms with Crippen molar-refractivity contribution in [2.45, 2.75) is 33.1 Å². The van der Waals surface area contributed by atoms with Crippen LogP contribution < -0.4 is 0 Å². The summed E-state index contributed by atoms with van der Waals surface area (Å²) in [5.41, 5.74) is 0. The Morgan fingerprint density at radius 2 is 1.84 bits per heavy atom. The first-order valence-corrected chi connectivity index (χ1v) is 6.70. The summed E-state index contributed by atoms with van der Waals surface area (Å²) in [6, 6.07) is 14.7. The number of unbranched alkanes of at least 4 members (excludes halogenated alkanes) is 1. The molecule has 0 bridgehead atoms. The summed E-state index contributed by atoms with van der Waals surface area (Å²) in [7, 11) is 0. The molecule has 2 aromatic rings. The zero-order valence-electron chi connectivity index (χ0n) is 11.9. The number of allylic oxidation sites excluding steroid dienone is 4. The third-order valence-corrected chi connectivity index (χ3v) is 2.63. The van der Waals surface area contributed by atoms with Gasteiger partial charge in [-0.05, 0) is 0 Å². The summed E-state index contributed by atoms with van der Waals surface area (Å²) in [4.78, 5) is 0. The molecule has 98 valence electrons. The smallest absolute Gasteiger partial charge is 0.273 e. The minimum atomic E-state index is 0. The Morgan fingerprint density at radius 3 is 2.32 bits per heavy atom. The van der Waals surface area contributed by atoms with E-state index >= 15 is 0 Å². The van der Waals surface area contributed by atoms with Crippen molar-refractivity contribution >= 4 is 10.8 Å². The molecule has 0 unspecified atom stereocenters. The first kappa shape index (κ1) is 18.2. The second-order valence-corrected chi connectivity index (χ2v) is 4.16. The average molecular weight is 330 g/mol. The fraction of sp³-hybridized carbons (Fsp3) is 0.278. The number of hydrogen-bond acceptors (Lipinski definition) is 0. The van der Waals surface area contributed by atoms with Crippen molar-refractivity contribution in [3.8, 4) is 0 Å². The fourth-order valence-corrected chi connectivity index (χ4v) is 1.41. The maximum absolute atomic E-state index is 2.99. The van der Waals surface area contributed by atoms with E-state index in [1.165, 1.54) is 23.6 Å². The van der Waals surface area contributed by atoms with Gasteiger partial charge in [-0.3, -0.25) is 6.08 Å². The third kappa shape index (κ3) is 8.06. The van der Waals surface area contributed by atoms with Gasteiger partial charge in [0.25, 0.3) is 0 Å². The van der Waals surface area contributed by atoms with Crippen LogP contribution in [0, 0.1) is 6.08 Å². The molecule has 2 aromatic carbocycles. The zero-order valence-corrected chi connectivity index (χ0v) is 14.4. The van der Waals surface area contributed by atoms with E-state index in [0.29, 0.717) is 0 Å². The summed E-state index contributed by atoms with van der Waals surface area (Å²) in [6.45, 7) is 4.36. The van der Waals surface area contributed by atoms with Crippen LogP contribution in [0.3, 0.4) is 0 Å². The van der Waals surface area contributed by atoms with Gasteiger partial charge in [0, 0.05) is 0 Å². The maximum Gasteiger partial charge on any atom is 2.00 e. The summed E-state index contributed by atoms with van der Waals surface area (Å²) in [5.74, 6) is 0. The molecule has 19 heavy (non-hydrogen) atoms. The van der Waals surface area contributed by atoms with Crippen molar-refractivity contribution < 1.29 is 26.2 Å². The van der Waals surface area contributed by atoms with Gasteiger partial charge in [0.15, 0.2) is 0 Å². The molecule has 0 radical (unpaired) electrons. The minimum absolute atomic E-state index is 0. The molecule has 1 heteroatoms. The largest absolute Gasteiger partial charge is 2.00 e. The standard InChI is InChI=1S/C9H7.C5H5.C4H10.Zr/c1-2-5-9-7-3-6-8(9)4-1;1-2-4-5-3-1;1-3-4-2;/h1-7H;1-3H,4H2;3-4H2,1-2H3;/q2*-1;;+2. The maximum atomic E-state index is 2.99. The van der Waals surface area contributed by atoms with Crippen molar-refractivity contribution in [1.82, 2.24) is 0 Å². The molecule has 0 N–H and O–H groups in total. The van der Waals surface area contributed by atoms with Crippen LogP contribution in [0.2, 0.25) is 0 Å². The SMILES string of the molecule is CCCC.[C-]1=CC=CC1.[Zr+2].c1ccc2[cH-]ccc2c1. The molecule has 0 fully saturated rings. The van der Waals surface area contributed by atoms with E-state index in [1.54, 1.807) is 0 Å². The van der Waals surface area contributed by atoms with E-state index in [9.17, 15) is 0 Å². The molecule has 3 rings (SSSR count). The molecule has 0 nitrogen and oxygen atoms in total. The van der Waals surface area contributed by atoms with E-state index in [4.69, 9.17) is 0 Å². The number of benzene rings is 1. The van der Waals surface area contributed by atoms with Crippen molar-refractivity contribution in [3.63, 3.8) is 0 Å². The van der Waals surface area contributed by atoms with Gasteiger partial charge in [-0.25, -0.2) is 12.2 Å². The van der Waals surface area contributed by atoms with Crippen molar-refractivity contribution in [1.29, 1.82) is 0 Å². The third-order valence-electron chi connectivity index (χ3n) is 2.63. The Kier molecular flexibility index (Phi) is 11.7. The molecule has 0 atom stereocenters. The van der Waals surface area contributed by atoms with Gasteiger partial charge in [0.2, 0.25) is 0 Å². The first-order valence-electron chi connectivity index (χ1n) is 6.70. The van der Waals surface area contributed by atoms with Gasteiger partial charge in [-0.1, -0.05) is 32.8 Å². The van der Waals surface area contributed by atoms with Crippen LogP contribution >= 0.6 is 0 Å². The van der Waals surface area contributed by atoms with E-state index in [2.05, 4.69) is 68.5 Å². The van der Waals surface area contributed by atoms with Crippen molar-refractivity contribution in [2.75, 3.05) is 0 Å². The van der Waals surface area contributed by atoms with E-state index in [0.717, 1.165) is 6.42 Å². The van der Waals surface area contributed by atoms with Crippen molar-refractivity contribution in [3.05, 3.63) is 66.8 Å². The Morgan fingerprint density at radius 1 is 1.11 bits per heavy atom. The molecular formula is C18H22Zr. The average Bonchev–Trinajstić information content (AvgIpc) is 3.12. The van der Waals surface area contributed by atoms with Gasteiger partial charge in [0.1, 0.15) is 0 Å². The Balaban J connectivity index is 0.000000280. The predicted molar refractivity (Wildman–Crippen MR) is 81.7 cm³/mol. The number of fused-ring (bicyclic) bond motifs is 1. The van der Waals surface area contributed by atoms with Crippen LogP contribution in [0.5, 0.6) is 0 Å². The Labute approximate surface area is 136 Å². The van der Waals surface area contributed by atoms with Crippen LogP contribution in [0.4, 0.5) is 0 Å². The second kappa shape index (κ2) is 12.2. The van der Waals surface area contributed by atoms with Gasteiger partial charge >= 0.3 is 26.2 Å². The summed E-state index contributed by atoms with van der Waals surface area (Å²) in [5, 5.41) is 2.66. The van der Waals surface area contributed by atoms with E-state index < -0.39 is 0 Å². The van der Waals surface area contributed by atoms with Crippen LogP contribution in [0.25, 0.3) is 10.8 Å². The van der Waals surface area contributed by atoms with Crippen LogP contribution in [-0.4, -0.2) is 0 Å². The Hall–Kier alpha value is -0.807. The summed E-state index contributed by atoms with van der Waals surface area (Å²) >= 11 is 0. The Bertz CT molecular complexity index is 435.